The van der Waals surface area contributed by atoms with Crippen LogP contribution in [0.3, 0.4) is 0 Å². The number of nitrogens with zero attached hydrogens (tertiary/aromatic N) is 3. The first-order valence-corrected chi connectivity index (χ1v) is 10.4. The molecule has 0 saturated carbocycles. The molecule has 1 aromatic carbocycles. The van der Waals surface area contributed by atoms with Crippen molar-refractivity contribution < 1.29 is 19.1 Å². The van der Waals surface area contributed by atoms with Crippen molar-refractivity contribution in [3.8, 4) is 0 Å². The molecule has 3 aromatic rings. The van der Waals surface area contributed by atoms with Crippen molar-refractivity contribution in [2.24, 2.45) is 0 Å². The highest BCUT2D eigenvalue weighted by Gasteiger charge is 2.29. The Morgan fingerprint density at radius 3 is 2.55 bits per heavy atom. The van der Waals surface area contributed by atoms with Crippen LogP contribution < -0.4 is 0 Å². The lowest BCUT2D eigenvalue weighted by molar-refractivity contribution is -0.132. The molecule has 1 atom stereocenters. The Hall–Kier alpha value is -3.00. The Labute approximate surface area is 181 Å². The topological polar surface area (TPSA) is 79.0 Å². The molecule has 1 amide bonds. The third kappa shape index (κ3) is 6.01. The SMILES string of the molecule is O=C1CN(Cc2ccc(CO)o2)C[C@@H](OCc2ccccc2)CN1Cc1cccnc1. The number of amides is 1. The molecule has 1 saturated heterocycles. The molecule has 162 valence electrons. The molecular weight excluding hydrogens is 394 g/mol. The summed E-state index contributed by atoms with van der Waals surface area (Å²) in [5.41, 5.74) is 2.09. The molecule has 3 heterocycles. The zero-order valence-corrected chi connectivity index (χ0v) is 17.4. The number of carbonyl (C=O) groups excluding carboxylic acids is 1. The van der Waals surface area contributed by atoms with Crippen LogP contribution in [-0.4, -0.2) is 51.5 Å². The van der Waals surface area contributed by atoms with E-state index in [2.05, 4.69) is 4.98 Å². The number of aromatic nitrogens is 1. The zero-order chi connectivity index (χ0) is 21.5. The van der Waals surface area contributed by atoms with Gasteiger partial charge in [0, 0.05) is 32.0 Å². The highest BCUT2D eigenvalue weighted by molar-refractivity contribution is 5.78. The van der Waals surface area contributed by atoms with Gasteiger partial charge >= 0.3 is 0 Å². The Morgan fingerprint density at radius 1 is 1.00 bits per heavy atom. The first-order valence-electron chi connectivity index (χ1n) is 10.4. The summed E-state index contributed by atoms with van der Waals surface area (Å²) >= 11 is 0. The number of rotatable bonds is 8. The van der Waals surface area contributed by atoms with Crippen LogP contribution >= 0.6 is 0 Å². The van der Waals surface area contributed by atoms with Crippen LogP contribution in [0, 0.1) is 0 Å². The van der Waals surface area contributed by atoms with Gasteiger partial charge in [-0.2, -0.15) is 0 Å². The first kappa shape index (κ1) is 21.2. The van der Waals surface area contributed by atoms with E-state index in [9.17, 15) is 9.90 Å². The summed E-state index contributed by atoms with van der Waals surface area (Å²) in [6, 6.07) is 17.5. The van der Waals surface area contributed by atoms with Crippen LogP contribution in [0.1, 0.15) is 22.6 Å². The van der Waals surface area contributed by atoms with Crippen molar-refractivity contribution in [1.82, 2.24) is 14.8 Å². The van der Waals surface area contributed by atoms with E-state index in [0.717, 1.165) is 16.9 Å². The number of aliphatic hydroxyl groups is 1. The molecule has 4 rings (SSSR count). The van der Waals surface area contributed by atoms with Gasteiger partial charge in [-0.3, -0.25) is 14.7 Å². The molecule has 7 heteroatoms. The van der Waals surface area contributed by atoms with Gasteiger partial charge in [0.1, 0.15) is 18.1 Å². The van der Waals surface area contributed by atoms with Crippen LogP contribution in [0.2, 0.25) is 0 Å². The minimum atomic E-state index is -0.143. The monoisotopic (exact) mass is 421 g/mol. The predicted octanol–water partition coefficient (Wildman–Crippen LogP) is 2.60. The summed E-state index contributed by atoms with van der Waals surface area (Å²) in [6.45, 7) is 2.73. The minimum absolute atomic E-state index is 0.0450. The molecular formula is C24H27N3O4. The fourth-order valence-corrected chi connectivity index (χ4v) is 3.74. The van der Waals surface area contributed by atoms with Crippen molar-refractivity contribution in [1.29, 1.82) is 0 Å². The van der Waals surface area contributed by atoms with Gasteiger partial charge < -0.3 is 19.2 Å². The van der Waals surface area contributed by atoms with Crippen molar-refractivity contribution >= 4 is 5.91 Å². The van der Waals surface area contributed by atoms with Gasteiger partial charge in [0.15, 0.2) is 0 Å². The molecule has 7 nitrogen and oxygen atoms in total. The number of furan rings is 1. The second-order valence-corrected chi connectivity index (χ2v) is 7.75. The molecule has 1 aliphatic heterocycles. The third-order valence-corrected chi connectivity index (χ3v) is 5.27. The summed E-state index contributed by atoms with van der Waals surface area (Å²) in [4.78, 5) is 21.1. The smallest absolute Gasteiger partial charge is 0.237 e. The Balaban J connectivity index is 1.47. The standard InChI is InChI=1S/C24H27N3O4/c28-17-22-9-8-21(31-22)13-26-14-23(30-18-19-5-2-1-3-6-19)15-27(24(29)16-26)12-20-7-4-10-25-11-20/h1-11,23,28H,12-18H2/t23-/m1/s1. The first-order chi connectivity index (χ1) is 15.2. The Kier molecular flexibility index (Phi) is 7.09. The zero-order valence-electron chi connectivity index (χ0n) is 17.4. The van der Waals surface area contributed by atoms with Crippen molar-refractivity contribution in [2.45, 2.75) is 32.4 Å². The number of ether oxygens (including phenoxy) is 1. The van der Waals surface area contributed by atoms with Crippen LogP contribution in [0.25, 0.3) is 0 Å². The van der Waals surface area contributed by atoms with Crippen molar-refractivity contribution in [2.75, 3.05) is 19.6 Å². The molecule has 1 N–H and O–H groups in total. The summed E-state index contributed by atoms with van der Waals surface area (Å²) in [6.07, 6.45) is 3.37. The van der Waals surface area contributed by atoms with Gasteiger partial charge in [0.05, 0.1) is 25.8 Å². The molecule has 0 spiro atoms. The normalized spacial score (nSPS) is 17.6. The quantitative estimate of drug-likeness (QED) is 0.602. The van der Waals surface area contributed by atoms with Gasteiger partial charge in [0.2, 0.25) is 5.91 Å². The maximum absolute atomic E-state index is 13.0. The predicted molar refractivity (Wildman–Crippen MR) is 115 cm³/mol. The molecule has 2 aromatic heterocycles. The average molecular weight is 421 g/mol. The van der Waals surface area contributed by atoms with Gasteiger partial charge in [-0.15, -0.1) is 0 Å². The molecule has 1 aliphatic rings. The lowest BCUT2D eigenvalue weighted by Gasteiger charge is -2.25. The van der Waals surface area contributed by atoms with Crippen LogP contribution in [-0.2, 0) is 35.8 Å². The van der Waals surface area contributed by atoms with Crippen LogP contribution in [0.15, 0.2) is 71.4 Å². The van der Waals surface area contributed by atoms with Crippen LogP contribution in [0.4, 0.5) is 0 Å². The second kappa shape index (κ2) is 10.3. The number of aliphatic hydroxyl groups excluding tert-OH is 1. The van der Waals surface area contributed by atoms with E-state index in [1.807, 2.05) is 58.3 Å². The fraction of sp³-hybridized carbons (Fsp3) is 0.333. The van der Waals surface area contributed by atoms with E-state index in [4.69, 9.17) is 9.15 Å². The number of hydrogen-bond acceptors (Lipinski definition) is 6. The van der Waals surface area contributed by atoms with E-state index in [-0.39, 0.29) is 25.2 Å². The third-order valence-electron chi connectivity index (χ3n) is 5.27. The van der Waals surface area contributed by atoms with E-state index < -0.39 is 0 Å². The van der Waals surface area contributed by atoms with Crippen LogP contribution in [0.5, 0.6) is 0 Å². The largest absolute Gasteiger partial charge is 0.462 e. The number of hydrogen-bond donors (Lipinski definition) is 1. The second-order valence-electron chi connectivity index (χ2n) is 7.75. The Morgan fingerprint density at radius 2 is 1.81 bits per heavy atom. The van der Waals surface area contributed by atoms with Gasteiger partial charge in [-0.25, -0.2) is 0 Å². The highest BCUT2D eigenvalue weighted by Crippen LogP contribution is 2.17. The molecule has 31 heavy (non-hydrogen) atoms. The summed E-state index contributed by atoms with van der Waals surface area (Å²) in [5.74, 6) is 1.29. The molecule has 0 radical (unpaired) electrons. The molecule has 0 bridgehead atoms. The number of pyridine rings is 1. The van der Waals surface area contributed by atoms with E-state index in [0.29, 0.717) is 38.5 Å². The van der Waals surface area contributed by atoms with Gasteiger partial charge in [-0.1, -0.05) is 36.4 Å². The minimum Gasteiger partial charge on any atom is -0.462 e. The fourth-order valence-electron chi connectivity index (χ4n) is 3.74. The maximum atomic E-state index is 13.0. The average Bonchev–Trinajstić information content (AvgIpc) is 3.19. The number of carbonyl (C=O) groups is 1. The summed E-state index contributed by atoms with van der Waals surface area (Å²) in [7, 11) is 0. The van der Waals surface area contributed by atoms with E-state index >= 15 is 0 Å². The summed E-state index contributed by atoms with van der Waals surface area (Å²) < 4.78 is 11.9. The van der Waals surface area contributed by atoms with Gasteiger partial charge in [0.25, 0.3) is 0 Å². The molecule has 0 unspecified atom stereocenters. The lowest BCUT2D eigenvalue weighted by atomic mass is 10.2. The van der Waals surface area contributed by atoms with E-state index in [1.165, 1.54) is 0 Å². The van der Waals surface area contributed by atoms with E-state index in [1.54, 1.807) is 18.5 Å². The maximum Gasteiger partial charge on any atom is 0.237 e. The highest BCUT2D eigenvalue weighted by atomic mass is 16.5. The summed E-state index contributed by atoms with van der Waals surface area (Å²) in [5, 5.41) is 9.25. The lowest BCUT2D eigenvalue weighted by Crippen LogP contribution is -2.37. The Bertz CT molecular complexity index is 961. The molecule has 1 fully saturated rings. The van der Waals surface area contributed by atoms with Gasteiger partial charge in [-0.05, 0) is 29.3 Å². The molecule has 0 aliphatic carbocycles. The van der Waals surface area contributed by atoms with Crippen molar-refractivity contribution in [3.05, 3.63) is 89.6 Å². The number of benzene rings is 1. The van der Waals surface area contributed by atoms with Crippen molar-refractivity contribution in [3.63, 3.8) is 0 Å².